The normalized spacial score (nSPS) is 15.2. The third-order valence-corrected chi connectivity index (χ3v) is 5.69. The Morgan fingerprint density at radius 3 is 2.73 bits per heavy atom. The summed E-state index contributed by atoms with van der Waals surface area (Å²) in [6, 6.07) is 10.3. The van der Waals surface area contributed by atoms with Crippen molar-refractivity contribution in [1.29, 1.82) is 0 Å². The highest BCUT2D eigenvalue weighted by molar-refractivity contribution is 7.09. The number of anilines is 1. The maximum absolute atomic E-state index is 12.3. The van der Waals surface area contributed by atoms with E-state index in [1.165, 1.54) is 29.9 Å². The Morgan fingerprint density at radius 1 is 1.23 bits per heavy atom. The zero-order valence-electron chi connectivity index (χ0n) is 15.5. The van der Waals surface area contributed by atoms with Crippen LogP contribution in [0.25, 0.3) is 0 Å². The standard InChI is InChI=1S/C20H28N4OS/c1-2-3-7-12-21-19(25)17-10-13-24(14-11-17)20-22-18(23-26-20)15-16-8-5-4-6-9-16/h4-6,8-9,17H,2-3,7,10-15H2,1H3,(H,21,25). The molecule has 26 heavy (non-hydrogen) atoms. The number of nitrogens with one attached hydrogen (secondary N) is 1. The van der Waals surface area contributed by atoms with Gasteiger partial charge in [-0.2, -0.15) is 4.37 Å². The van der Waals surface area contributed by atoms with Crippen LogP contribution in [0.5, 0.6) is 0 Å². The highest BCUT2D eigenvalue weighted by atomic mass is 32.1. The lowest BCUT2D eigenvalue weighted by atomic mass is 9.96. The molecule has 1 fully saturated rings. The number of benzene rings is 1. The molecule has 1 aliphatic heterocycles. The van der Waals surface area contributed by atoms with E-state index >= 15 is 0 Å². The molecular weight excluding hydrogens is 344 g/mol. The molecule has 1 N–H and O–H groups in total. The molecule has 0 saturated carbocycles. The first-order chi connectivity index (χ1) is 12.8. The van der Waals surface area contributed by atoms with E-state index in [1.807, 2.05) is 18.2 Å². The van der Waals surface area contributed by atoms with Gasteiger partial charge in [-0.25, -0.2) is 4.98 Å². The molecule has 0 unspecified atom stereocenters. The molecular formula is C20H28N4OS. The summed E-state index contributed by atoms with van der Waals surface area (Å²) in [6.07, 6.45) is 6.01. The first-order valence-electron chi connectivity index (χ1n) is 9.65. The zero-order valence-corrected chi connectivity index (χ0v) is 16.3. The first-order valence-corrected chi connectivity index (χ1v) is 10.4. The zero-order chi connectivity index (χ0) is 18.2. The number of carbonyl (C=O) groups excluding carboxylic acids is 1. The summed E-state index contributed by atoms with van der Waals surface area (Å²) in [7, 11) is 0. The number of aromatic nitrogens is 2. The highest BCUT2D eigenvalue weighted by Gasteiger charge is 2.26. The molecule has 1 saturated heterocycles. The Labute approximate surface area is 160 Å². The predicted octanol–water partition coefficient (Wildman–Crippen LogP) is 3.65. The van der Waals surface area contributed by atoms with Crippen molar-refractivity contribution >= 4 is 22.6 Å². The number of piperidine rings is 1. The molecule has 0 aliphatic carbocycles. The van der Waals surface area contributed by atoms with E-state index in [0.29, 0.717) is 0 Å². The summed E-state index contributed by atoms with van der Waals surface area (Å²) in [5.41, 5.74) is 1.23. The maximum atomic E-state index is 12.3. The van der Waals surface area contributed by atoms with Gasteiger partial charge in [0, 0.05) is 43.5 Å². The fraction of sp³-hybridized carbons (Fsp3) is 0.550. The summed E-state index contributed by atoms with van der Waals surface area (Å²) in [5.74, 6) is 1.25. The molecule has 0 spiro atoms. The van der Waals surface area contributed by atoms with Crippen LogP contribution in [0.15, 0.2) is 30.3 Å². The quantitative estimate of drug-likeness (QED) is 0.719. The van der Waals surface area contributed by atoms with E-state index in [0.717, 1.165) is 56.3 Å². The number of hydrogen-bond donors (Lipinski definition) is 1. The van der Waals surface area contributed by atoms with Crippen molar-refractivity contribution in [3.8, 4) is 0 Å². The van der Waals surface area contributed by atoms with Crippen LogP contribution < -0.4 is 10.2 Å². The van der Waals surface area contributed by atoms with Crippen LogP contribution in [0, 0.1) is 5.92 Å². The van der Waals surface area contributed by atoms with Gasteiger partial charge in [-0.05, 0) is 24.8 Å². The van der Waals surface area contributed by atoms with Gasteiger partial charge < -0.3 is 10.2 Å². The van der Waals surface area contributed by atoms with Crippen LogP contribution in [0.4, 0.5) is 5.13 Å². The van der Waals surface area contributed by atoms with Gasteiger partial charge >= 0.3 is 0 Å². The summed E-state index contributed by atoms with van der Waals surface area (Å²) in [6.45, 7) is 4.75. The van der Waals surface area contributed by atoms with Gasteiger partial charge in [0.1, 0.15) is 5.82 Å². The number of carbonyl (C=O) groups is 1. The van der Waals surface area contributed by atoms with Crippen molar-refractivity contribution in [2.45, 2.75) is 45.4 Å². The van der Waals surface area contributed by atoms with E-state index in [-0.39, 0.29) is 11.8 Å². The Kier molecular flexibility index (Phi) is 7.00. The monoisotopic (exact) mass is 372 g/mol. The third-order valence-electron chi connectivity index (χ3n) is 4.88. The minimum atomic E-state index is 0.143. The van der Waals surface area contributed by atoms with Crippen molar-refractivity contribution in [1.82, 2.24) is 14.7 Å². The summed E-state index contributed by atoms with van der Waals surface area (Å²) >= 11 is 1.47. The number of unbranched alkanes of at least 4 members (excludes halogenated alkanes) is 2. The second-order valence-corrected chi connectivity index (χ2v) is 7.65. The van der Waals surface area contributed by atoms with Crippen molar-refractivity contribution in [3.05, 3.63) is 41.7 Å². The summed E-state index contributed by atoms with van der Waals surface area (Å²) < 4.78 is 4.51. The smallest absolute Gasteiger partial charge is 0.223 e. The van der Waals surface area contributed by atoms with Crippen molar-refractivity contribution in [3.63, 3.8) is 0 Å². The van der Waals surface area contributed by atoms with Crippen LogP contribution in [0.3, 0.4) is 0 Å². The summed E-state index contributed by atoms with van der Waals surface area (Å²) in [5, 5.41) is 4.07. The minimum absolute atomic E-state index is 0.143. The average Bonchev–Trinajstić information content (AvgIpc) is 3.14. The van der Waals surface area contributed by atoms with Crippen LogP contribution in [0.1, 0.15) is 50.4 Å². The second kappa shape index (κ2) is 9.67. The van der Waals surface area contributed by atoms with Gasteiger partial charge in [0.05, 0.1) is 0 Å². The molecule has 0 bridgehead atoms. The van der Waals surface area contributed by atoms with E-state index in [4.69, 9.17) is 4.98 Å². The highest BCUT2D eigenvalue weighted by Crippen LogP contribution is 2.25. The molecule has 2 heterocycles. The van der Waals surface area contributed by atoms with E-state index in [2.05, 4.69) is 33.6 Å². The maximum Gasteiger partial charge on any atom is 0.223 e. The van der Waals surface area contributed by atoms with E-state index in [1.54, 1.807) is 0 Å². The molecule has 1 amide bonds. The average molecular weight is 373 g/mol. The van der Waals surface area contributed by atoms with Crippen LogP contribution in [-0.2, 0) is 11.2 Å². The largest absolute Gasteiger partial charge is 0.356 e. The Hall–Kier alpha value is -1.95. The summed E-state index contributed by atoms with van der Waals surface area (Å²) in [4.78, 5) is 19.2. The molecule has 3 rings (SSSR count). The molecule has 1 aliphatic rings. The first kappa shape index (κ1) is 18.8. The van der Waals surface area contributed by atoms with Gasteiger partial charge in [-0.3, -0.25) is 4.79 Å². The minimum Gasteiger partial charge on any atom is -0.356 e. The van der Waals surface area contributed by atoms with Gasteiger partial charge in [-0.1, -0.05) is 50.1 Å². The molecule has 1 aromatic heterocycles. The van der Waals surface area contributed by atoms with E-state index < -0.39 is 0 Å². The number of hydrogen-bond acceptors (Lipinski definition) is 5. The van der Waals surface area contributed by atoms with Gasteiger partial charge in [0.2, 0.25) is 11.0 Å². The molecule has 6 heteroatoms. The number of rotatable bonds is 8. The number of amides is 1. The lowest BCUT2D eigenvalue weighted by molar-refractivity contribution is -0.125. The Bertz CT molecular complexity index is 680. The van der Waals surface area contributed by atoms with E-state index in [9.17, 15) is 4.79 Å². The lowest BCUT2D eigenvalue weighted by Crippen LogP contribution is -2.40. The Morgan fingerprint density at radius 2 is 2.00 bits per heavy atom. The fourth-order valence-electron chi connectivity index (χ4n) is 3.29. The molecule has 140 valence electrons. The van der Waals surface area contributed by atoms with Crippen LogP contribution in [-0.4, -0.2) is 34.9 Å². The molecule has 0 radical (unpaired) electrons. The van der Waals surface area contributed by atoms with Crippen molar-refractivity contribution < 1.29 is 4.79 Å². The van der Waals surface area contributed by atoms with Gasteiger partial charge in [0.15, 0.2) is 0 Å². The van der Waals surface area contributed by atoms with Crippen molar-refractivity contribution in [2.75, 3.05) is 24.5 Å². The topological polar surface area (TPSA) is 58.1 Å². The lowest BCUT2D eigenvalue weighted by Gasteiger charge is -2.30. The van der Waals surface area contributed by atoms with Crippen LogP contribution in [0.2, 0.25) is 0 Å². The van der Waals surface area contributed by atoms with Gasteiger partial charge in [-0.15, -0.1) is 0 Å². The molecule has 1 aromatic carbocycles. The fourth-order valence-corrected chi connectivity index (χ4v) is 4.02. The molecule has 0 atom stereocenters. The predicted molar refractivity (Wildman–Crippen MR) is 107 cm³/mol. The molecule has 5 nitrogen and oxygen atoms in total. The third kappa shape index (κ3) is 5.27. The second-order valence-electron chi connectivity index (χ2n) is 6.92. The molecule has 2 aromatic rings. The number of nitrogens with zero attached hydrogens (tertiary/aromatic N) is 3. The SMILES string of the molecule is CCCCCNC(=O)C1CCN(c2nc(Cc3ccccc3)ns2)CC1. The Balaban J connectivity index is 1.45. The van der Waals surface area contributed by atoms with Gasteiger partial charge in [0.25, 0.3) is 0 Å². The van der Waals surface area contributed by atoms with Crippen molar-refractivity contribution in [2.24, 2.45) is 5.92 Å². The van der Waals surface area contributed by atoms with Crippen LogP contribution >= 0.6 is 11.5 Å².